The maximum atomic E-state index is 12.6. The average molecular weight is 329 g/mol. The smallest absolute Gasteiger partial charge is 0.257 e. The Morgan fingerprint density at radius 3 is 2.79 bits per heavy atom. The minimum absolute atomic E-state index is 0.0338. The van der Waals surface area contributed by atoms with Crippen molar-refractivity contribution >= 4 is 5.91 Å². The van der Waals surface area contributed by atoms with Gasteiger partial charge in [-0.05, 0) is 12.1 Å². The van der Waals surface area contributed by atoms with E-state index in [9.17, 15) is 9.90 Å². The van der Waals surface area contributed by atoms with Crippen LogP contribution in [0.5, 0.6) is 5.75 Å². The molecule has 0 unspecified atom stereocenters. The van der Waals surface area contributed by atoms with Crippen molar-refractivity contribution in [1.29, 1.82) is 0 Å². The van der Waals surface area contributed by atoms with Crippen molar-refractivity contribution in [3.8, 4) is 5.75 Å². The number of nitrogens with zero attached hydrogens (tertiary/aromatic N) is 3. The molecule has 7 heteroatoms. The Kier molecular flexibility index (Phi) is 5.02. The van der Waals surface area contributed by atoms with Gasteiger partial charge < -0.3 is 19.5 Å². The molecule has 1 N–H and O–H groups in total. The third kappa shape index (κ3) is 4.06. The summed E-state index contributed by atoms with van der Waals surface area (Å²) in [6.07, 6.45) is 4.29. The highest BCUT2D eigenvalue weighted by atomic mass is 16.5. The fourth-order valence-electron chi connectivity index (χ4n) is 2.50. The highest BCUT2D eigenvalue weighted by Gasteiger charge is 2.35. The third-order valence-corrected chi connectivity index (χ3v) is 3.71. The lowest BCUT2D eigenvalue weighted by molar-refractivity contribution is -0.0621. The first kappa shape index (κ1) is 16.4. The average Bonchev–Trinajstić information content (AvgIpc) is 2.83. The molecule has 7 nitrogen and oxygen atoms in total. The minimum Gasteiger partial charge on any atom is -0.490 e. The van der Waals surface area contributed by atoms with Gasteiger partial charge in [0.05, 0.1) is 25.3 Å². The largest absolute Gasteiger partial charge is 0.490 e. The van der Waals surface area contributed by atoms with Crippen LogP contribution in [0.4, 0.5) is 0 Å². The van der Waals surface area contributed by atoms with Crippen molar-refractivity contribution < 1.29 is 19.4 Å². The van der Waals surface area contributed by atoms with Crippen LogP contribution in [0.15, 0.2) is 49.1 Å². The van der Waals surface area contributed by atoms with Crippen LogP contribution in [-0.4, -0.2) is 64.4 Å². The summed E-state index contributed by atoms with van der Waals surface area (Å²) < 4.78 is 11.1. The summed E-state index contributed by atoms with van der Waals surface area (Å²) in [5.41, 5.74) is -0.900. The van der Waals surface area contributed by atoms with E-state index >= 15 is 0 Å². The van der Waals surface area contributed by atoms with Crippen molar-refractivity contribution in [1.82, 2.24) is 14.9 Å². The van der Waals surface area contributed by atoms with Gasteiger partial charge >= 0.3 is 0 Å². The van der Waals surface area contributed by atoms with Crippen LogP contribution in [0, 0.1) is 0 Å². The number of carbonyl (C=O) groups is 1. The van der Waals surface area contributed by atoms with Gasteiger partial charge in [0.1, 0.15) is 24.3 Å². The van der Waals surface area contributed by atoms with Gasteiger partial charge in [0.25, 0.3) is 5.91 Å². The van der Waals surface area contributed by atoms with Gasteiger partial charge in [-0.25, -0.2) is 9.97 Å². The lowest BCUT2D eigenvalue weighted by Gasteiger charge is -2.30. The number of ether oxygens (including phenoxy) is 2. The van der Waals surface area contributed by atoms with Gasteiger partial charge in [-0.2, -0.15) is 0 Å². The second-order valence-electron chi connectivity index (χ2n) is 5.73. The van der Waals surface area contributed by atoms with E-state index in [1.54, 1.807) is 4.90 Å². The number of benzene rings is 1. The molecular formula is C17H19N3O4. The van der Waals surface area contributed by atoms with Crippen molar-refractivity contribution in [3.63, 3.8) is 0 Å². The monoisotopic (exact) mass is 329 g/mol. The number of hydrogen-bond acceptors (Lipinski definition) is 6. The maximum absolute atomic E-state index is 12.6. The van der Waals surface area contributed by atoms with Gasteiger partial charge in [0.15, 0.2) is 0 Å². The summed E-state index contributed by atoms with van der Waals surface area (Å²) in [5.74, 6) is 0.420. The molecule has 0 spiro atoms. The predicted octanol–water partition coefficient (Wildman–Crippen LogP) is 0.759. The fourth-order valence-corrected chi connectivity index (χ4v) is 2.50. The number of amides is 1. The van der Waals surface area contributed by atoms with Crippen molar-refractivity contribution in [2.45, 2.75) is 5.60 Å². The minimum atomic E-state index is -1.28. The summed E-state index contributed by atoms with van der Waals surface area (Å²) in [6, 6.07) is 9.22. The Hall–Kier alpha value is -2.51. The highest BCUT2D eigenvalue weighted by molar-refractivity contribution is 5.93. The Morgan fingerprint density at radius 2 is 2.04 bits per heavy atom. The Labute approximate surface area is 139 Å². The first-order valence-corrected chi connectivity index (χ1v) is 7.69. The first-order chi connectivity index (χ1) is 11.7. The van der Waals surface area contributed by atoms with Crippen molar-refractivity contribution in [2.24, 2.45) is 0 Å². The van der Waals surface area contributed by atoms with Crippen LogP contribution in [0.1, 0.15) is 10.4 Å². The molecule has 1 amide bonds. The topological polar surface area (TPSA) is 84.8 Å². The third-order valence-electron chi connectivity index (χ3n) is 3.71. The number of hydrogen-bond donors (Lipinski definition) is 1. The summed E-state index contributed by atoms with van der Waals surface area (Å²) in [6.45, 7) is 1.00. The highest BCUT2D eigenvalue weighted by Crippen LogP contribution is 2.17. The summed E-state index contributed by atoms with van der Waals surface area (Å²) in [7, 11) is 0. The van der Waals surface area contributed by atoms with E-state index in [-0.39, 0.29) is 25.7 Å². The molecule has 126 valence electrons. The van der Waals surface area contributed by atoms with Crippen LogP contribution < -0.4 is 4.74 Å². The van der Waals surface area contributed by atoms with Gasteiger partial charge in [0, 0.05) is 18.9 Å². The van der Waals surface area contributed by atoms with Crippen LogP contribution >= 0.6 is 0 Å². The normalized spacial score (nSPS) is 21.1. The van der Waals surface area contributed by atoms with Gasteiger partial charge in [-0.3, -0.25) is 4.79 Å². The predicted molar refractivity (Wildman–Crippen MR) is 85.6 cm³/mol. The van der Waals surface area contributed by atoms with E-state index in [1.807, 2.05) is 30.3 Å². The summed E-state index contributed by atoms with van der Waals surface area (Å²) >= 11 is 0. The van der Waals surface area contributed by atoms with Crippen LogP contribution in [0.25, 0.3) is 0 Å². The van der Waals surface area contributed by atoms with Gasteiger partial charge in [-0.15, -0.1) is 0 Å². The van der Waals surface area contributed by atoms with Gasteiger partial charge in [-0.1, -0.05) is 18.2 Å². The SMILES string of the molecule is O=C(c1cncnc1)N1CCOC[C@](O)(COc2ccccc2)C1. The molecule has 1 aliphatic rings. The molecule has 1 aromatic heterocycles. The molecule has 0 saturated carbocycles. The van der Waals surface area contributed by atoms with E-state index in [2.05, 4.69) is 9.97 Å². The molecule has 1 fully saturated rings. The molecule has 24 heavy (non-hydrogen) atoms. The lowest BCUT2D eigenvalue weighted by Crippen LogP contribution is -2.50. The number of aliphatic hydroxyl groups is 1. The number of para-hydroxylation sites is 1. The number of carbonyl (C=O) groups excluding carboxylic acids is 1. The zero-order chi connectivity index (χ0) is 16.8. The zero-order valence-corrected chi connectivity index (χ0v) is 13.2. The molecule has 0 aliphatic carbocycles. The molecule has 1 atom stereocenters. The van der Waals surface area contributed by atoms with Crippen LogP contribution in [0.3, 0.4) is 0 Å². The van der Waals surface area contributed by atoms with Crippen LogP contribution in [-0.2, 0) is 4.74 Å². The van der Waals surface area contributed by atoms with E-state index in [0.717, 1.165) is 0 Å². The summed E-state index contributed by atoms with van der Waals surface area (Å²) in [5, 5.41) is 10.8. The maximum Gasteiger partial charge on any atom is 0.257 e. The second kappa shape index (κ2) is 7.37. The zero-order valence-electron chi connectivity index (χ0n) is 13.2. The molecule has 1 aliphatic heterocycles. The molecule has 2 heterocycles. The molecule has 1 aromatic carbocycles. The number of aromatic nitrogens is 2. The standard InChI is InChI=1S/C17H19N3O4/c21-16(14-8-18-13-19-9-14)20-6-7-23-11-17(22,10-20)12-24-15-4-2-1-3-5-15/h1-5,8-9,13,22H,6-7,10-12H2/t17-/m0/s1. The molecule has 2 aromatic rings. The van der Waals surface area contributed by atoms with E-state index in [1.165, 1.54) is 18.7 Å². The Balaban J connectivity index is 1.68. The fraction of sp³-hybridized carbons (Fsp3) is 0.353. The van der Waals surface area contributed by atoms with E-state index in [0.29, 0.717) is 24.5 Å². The Bertz CT molecular complexity index is 668. The summed E-state index contributed by atoms with van der Waals surface area (Å²) in [4.78, 5) is 21.8. The molecular weight excluding hydrogens is 310 g/mol. The molecule has 3 rings (SSSR count). The quantitative estimate of drug-likeness (QED) is 0.891. The van der Waals surface area contributed by atoms with Crippen molar-refractivity contribution in [2.75, 3.05) is 32.9 Å². The molecule has 1 saturated heterocycles. The van der Waals surface area contributed by atoms with Crippen molar-refractivity contribution in [3.05, 3.63) is 54.6 Å². The van der Waals surface area contributed by atoms with Gasteiger partial charge in [0.2, 0.25) is 0 Å². The van der Waals surface area contributed by atoms with E-state index < -0.39 is 5.60 Å². The Morgan fingerprint density at radius 1 is 1.29 bits per heavy atom. The first-order valence-electron chi connectivity index (χ1n) is 7.69. The van der Waals surface area contributed by atoms with Crippen LogP contribution in [0.2, 0.25) is 0 Å². The molecule has 0 radical (unpaired) electrons. The second-order valence-corrected chi connectivity index (χ2v) is 5.73. The molecule has 0 bridgehead atoms. The number of β-amino-alcohol motifs (C(OH)–C–C–N with tert-alkyl or cyclic N) is 1. The lowest BCUT2D eigenvalue weighted by atomic mass is 10.1. The van der Waals surface area contributed by atoms with E-state index in [4.69, 9.17) is 9.47 Å². The number of rotatable bonds is 4.